The molecule has 0 saturated heterocycles. The summed E-state index contributed by atoms with van der Waals surface area (Å²) in [5, 5.41) is 13.9. The molecule has 0 aliphatic carbocycles. The fourth-order valence-corrected chi connectivity index (χ4v) is 5.15. The number of alkyl halides is 3. The number of hydrogen-bond donors (Lipinski definition) is 3. The smallest absolute Gasteiger partial charge is 0.508 e. The summed E-state index contributed by atoms with van der Waals surface area (Å²) in [6.07, 6.45) is -1.59. The Labute approximate surface area is 224 Å². The summed E-state index contributed by atoms with van der Waals surface area (Å²) < 4.78 is 40.8. The van der Waals surface area contributed by atoms with Crippen LogP contribution in [0.1, 0.15) is 45.6 Å². The van der Waals surface area contributed by atoms with Gasteiger partial charge < -0.3 is 20.1 Å². The zero-order chi connectivity index (χ0) is 27.4. The second-order valence-corrected chi connectivity index (χ2v) is 9.83. The average molecular weight is 538 g/mol. The molecule has 3 N–H and O–H groups in total. The minimum absolute atomic E-state index is 0.113. The summed E-state index contributed by atoms with van der Waals surface area (Å²) in [5.41, 5.74) is 5.95. The number of rotatable bonds is 9. The number of unbranched alkanes of at least 4 members (excludes halogenated alkanes) is 1. The maximum atomic E-state index is 13.0. The molecule has 0 unspecified atom stereocenters. The largest absolute Gasteiger partial charge is 0.573 e. The molecule has 9 heteroatoms. The van der Waals surface area contributed by atoms with Crippen LogP contribution in [0.25, 0.3) is 10.9 Å². The lowest BCUT2D eigenvalue weighted by Crippen LogP contribution is -2.31. The number of aromatic amines is 1. The Bertz CT molecular complexity index is 1450. The maximum Gasteiger partial charge on any atom is 0.573 e. The molecule has 1 aliphatic rings. The van der Waals surface area contributed by atoms with Crippen molar-refractivity contribution in [2.75, 3.05) is 13.1 Å². The third kappa shape index (κ3) is 6.72. The van der Waals surface area contributed by atoms with Gasteiger partial charge in [0, 0.05) is 48.3 Å². The summed E-state index contributed by atoms with van der Waals surface area (Å²) in [6.45, 7) is 2.76. The molecule has 1 aromatic heterocycles. The SMILES string of the molecule is O=C(NCCCCc1ccc(OC(F)(F)F)cc1)c1ccccc1CN1CCc2c([nH]c3ccc(O)cc23)C1. The number of benzene rings is 3. The van der Waals surface area contributed by atoms with Gasteiger partial charge in [0.25, 0.3) is 5.91 Å². The molecular weight excluding hydrogens is 507 g/mol. The second kappa shape index (κ2) is 11.4. The van der Waals surface area contributed by atoms with E-state index in [1.807, 2.05) is 36.4 Å². The lowest BCUT2D eigenvalue weighted by atomic mass is 10.0. The summed E-state index contributed by atoms with van der Waals surface area (Å²) in [5.74, 6) is -0.0814. The van der Waals surface area contributed by atoms with E-state index in [0.29, 0.717) is 25.1 Å². The van der Waals surface area contributed by atoms with E-state index in [2.05, 4.69) is 19.9 Å². The van der Waals surface area contributed by atoms with E-state index in [1.165, 1.54) is 17.7 Å². The number of phenolic OH excluding ortho intramolecular Hbond substituents is 1. The molecule has 4 aromatic rings. The third-order valence-electron chi connectivity index (χ3n) is 7.03. The molecule has 1 aliphatic heterocycles. The number of nitrogens with zero attached hydrogens (tertiary/aromatic N) is 1. The van der Waals surface area contributed by atoms with E-state index >= 15 is 0 Å². The first-order chi connectivity index (χ1) is 18.7. The highest BCUT2D eigenvalue weighted by Crippen LogP contribution is 2.30. The summed E-state index contributed by atoms with van der Waals surface area (Å²) >= 11 is 0. The number of fused-ring (bicyclic) bond motifs is 3. The van der Waals surface area contributed by atoms with Crippen LogP contribution in [0, 0.1) is 0 Å². The normalized spacial score (nSPS) is 13.8. The Balaban J connectivity index is 1.11. The molecule has 0 fully saturated rings. The highest BCUT2D eigenvalue weighted by molar-refractivity contribution is 5.95. The van der Waals surface area contributed by atoms with E-state index < -0.39 is 6.36 Å². The number of nitrogens with one attached hydrogen (secondary N) is 2. The number of hydrogen-bond acceptors (Lipinski definition) is 4. The van der Waals surface area contributed by atoms with Crippen molar-refractivity contribution in [1.82, 2.24) is 15.2 Å². The number of carbonyl (C=O) groups is 1. The number of aromatic nitrogens is 1. The first-order valence-electron chi connectivity index (χ1n) is 13.0. The first kappa shape index (κ1) is 26.6. The average Bonchev–Trinajstić information content (AvgIpc) is 3.25. The highest BCUT2D eigenvalue weighted by atomic mass is 19.4. The lowest BCUT2D eigenvalue weighted by Gasteiger charge is -2.27. The van der Waals surface area contributed by atoms with Gasteiger partial charge in [-0.25, -0.2) is 0 Å². The van der Waals surface area contributed by atoms with Crippen LogP contribution in [-0.2, 0) is 25.9 Å². The van der Waals surface area contributed by atoms with E-state index in [1.54, 1.807) is 18.2 Å². The third-order valence-corrected chi connectivity index (χ3v) is 7.03. The zero-order valence-electron chi connectivity index (χ0n) is 21.4. The molecule has 39 heavy (non-hydrogen) atoms. The van der Waals surface area contributed by atoms with Crippen molar-refractivity contribution in [3.8, 4) is 11.5 Å². The molecule has 0 spiro atoms. The molecule has 0 atom stereocenters. The van der Waals surface area contributed by atoms with Crippen molar-refractivity contribution in [2.24, 2.45) is 0 Å². The number of H-pyrrole nitrogens is 1. The van der Waals surface area contributed by atoms with Gasteiger partial charge in [-0.05, 0) is 78.8 Å². The van der Waals surface area contributed by atoms with Gasteiger partial charge in [-0.1, -0.05) is 30.3 Å². The van der Waals surface area contributed by atoms with Gasteiger partial charge in [-0.3, -0.25) is 9.69 Å². The van der Waals surface area contributed by atoms with Gasteiger partial charge in [-0.15, -0.1) is 13.2 Å². The van der Waals surface area contributed by atoms with Gasteiger partial charge >= 0.3 is 6.36 Å². The number of amides is 1. The zero-order valence-corrected chi connectivity index (χ0v) is 21.4. The van der Waals surface area contributed by atoms with Crippen LogP contribution in [0.4, 0.5) is 13.2 Å². The van der Waals surface area contributed by atoms with E-state index in [0.717, 1.165) is 60.1 Å². The first-order valence-corrected chi connectivity index (χ1v) is 13.0. The molecule has 3 aromatic carbocycles. The molecule has 0 radical (unpaired) electrons. The number of ether oxygens (including phenoxy) is 1. The fourth-order valence-electron chi connectivity index (χ4n) is 5.15. The van der Waals surface area contributed by atoms with E-state index in [4.69, 9.17) is 0 Å². The van der Waals surface area contributed by atoms with Crippen molar-refractivity contribution in [1.29, 1.82) is 0 Å². The lowest BCUT2D eigenvalue weighted by molar-refractivity contribution is -0.274. The topological polar surface area (TPSA) is 77.6 Å². The van der Waals surface area contributed by atoms with Gasteiger partial charge in [0.2, 0.25) is 0 Å². The minimum Gasteiger partial charge on any atom is -0.508 e. The van der Waals surface area contributed by atoms with Crippen molar-refractivity contribution in [3.05, 3.63) is 94.7 Å². The van der Waals surface area contributed by atoms with Gasteiger partial charge in [-0.2, -0.15) is 0 Å². The number of aromatic hydroxyl groups is 1. The number of phenols is 1. The number of carbonyl (C=O) groups excluding carboxylic acids is 1. The second-order valence-electron chi connectivity index (χ2n) is 9.83. The molecule has 1 amide bonds. The highest BCUT2D eigenvalue weighted by Gasteiger charge is 2.31. The Kier molecular flexibility index (Phi) is 7.79. The van der Waals surface area contributed by atoms with Crippen molar-refractivity contribution in [3.63, 3.8) is 0 Å². The molecule has 204 valence electrons. The van der Waals surface area contributed by atoms with Crippen molar-refractivity contribution >= 4 is 16.8 Å². The van der Waals surface area contributed by atoms with Gasteiger partial charge in [0.1, 0.15) is 11.5 Å². The van der Waals surface area contributed by atoms with E-state index in [-0.39, 0.29) is 17.4 Å². The molecule has 6 nitrogen and oxygen atoms in total. The Morgan fingerprint density at radius 2 is 1.85 bits per heavy atom. The molecule has 0 saturated carbocycles. The Morgan fingerprint density at radius 3 is 2.64 bits per heavy atom. The van der Waals surface area contributed by atoms with Crippen LogP contribution in [0.5, 0.6) is 11.5 Å². The predicted octanol–water partition coefficient (Wildman–Crippen LogP) is 6.08. The molecular formula is C30H30F3N3O3. The minimum atomic E-state index is -4.70. The summed E-state index contributed by atoms with van der Waals surface area (Å²) in [7, 11) is 0. The fraction of sp³-hybridized carbons (Fsp3) is 0.300. The maximum absolute atomic E-state index is 13.0. The van der Waals surface area contributed by atoms with Crippen LogP contribution in [-0.4, -0.2) is 40.3 Å². The van der Waals surface area contributed by atoms with Crippen LogP contribution >= 0.6 is 0 Å². The Morgan fingerprint density at radius 1 is 1.05 bits per heavy atom. The van der Waals surface area contributed by atoms with Crippen molar-refractivity contribution < 1.29 is 27.8 Å². The van der Waals surface area contributed by atoms with Crippen LogP contribution in [0.3, 0.4) is 0 Å². The predicted molar refractivity (Wildman–Crippen MR) is 143 cm³/mol. The standard InChI is InChI=1S/C30H30F3N3O3/c31-30(32,33)39-23-11-8-20(9-12-23)5-3-4-15-34-29(38)24-7-2-1-6-21(24)18-36-16-14-25-26-17-22(37)10-13-27(26)35-28(25)19-36/h1-2,6-13,17,35,37H,3-5,14-16,18-19H2,(H,34,38). The monoisotopic (exact) mass is 537 g/mol. The van der Waals surface area contributed by atoms with Gasteiger partial charge in [0.15, 0.2) is 0 Å². The number of halogens is 3. The number of aryl methyl sites for hydroxylation is 1. The quantitative estimate of drug-likeness (QED) is 0.226. The molecule has 2 heterocycles. The van der Waals surface area contributed by atoms with Crippen LogP contribution in [0.2, 0.25) is 0 Å². The van der Waals surface area contributed by atoms with E-state index in [9.17, 15) is 23.1 Å². The van der Waals surface area contributed by atoms with Gasteiger partial charge in [0.05, 0.1) is 0 Å². The molecule has 5 rings (SSSR count). The summed E-state index contributed by atoms with van der Waals surface area (Å²) in [4.78, 5) is 18.8. The van der Waals surface area contributed by atoms with Crippen molar-refractivity contribution in [2.45, 2.75) is 45.1 Å². The summed E-state index contributed by atoms with van der Waals surface area (Å²) in [6, 6.07) is 18.9. The van der Waals surface area contributed by atoms with Crippen LogP contribution < -0.4 is 10.1 Å². The van der Waals surface area contributed by atoms with Crippen LogP contribution in [0.15, 0.2) is 66.7 Å². The Hall–Kier alpha value is -3.98. The molecule has 0 bridgehead atoms.